The summed E-state index contributed by atoms with van der Waals surface area (Å²) in [6, 6.07) is 0. The van der Waals surface area contributed by atoms with Crippen molar-refractivity contribution in [2.45, 2.75) is 0 Å². The third-order valence-electron chi connectivity index (χ3n) is 1.91. The summed E-state index contributed by atoms with van der Waals surface area (Å²) < 4.78 is 1.08. The van der Waals surface area contributed by atoms with Gasteiger partial charge in [0.2, 0.25) is 6.20 Å². The van der Waals surface area contributed by atoms with Crippen LogP contribution in [0.2, 0.25) is 0 Å². The Labute approximate surface area is 106 Å². The van der Waals surface area contributed by atoms with Gasteiger partial charge in [0.1, 0.15) is 6.33 Å². The highest BCUT2D eigenvalue weighted by Gasteiger charge is 2.13. The van der Waals surface area contributed by atoms with Crippen molar-refractivity contribution in [3.8, 4) is 0 Å². The molecule has 0 radical (unpaired) electrons. The van der Waals surface area contributed by atoms with Crippen LogP contribution in [0.5, 0.6) is 0 Å². The second-order valence-corrected chi connectivity index (χ2v) is 3.23. The molecule has 0 saturated heterocycles. The largest absolute Gasteiger partial charge is 0.276 e. The summed E-state index contributed by atoms with van der Waals surface area (Å²) in [6.07, 6.45) is 5.84. The predicted molar refractivity (Wildman–Crippen MR) is 63.2 cm³/mol. The van der Waals surface area contributed by atoms with E-state index in [4.69, 9.17) is 0 Å². The molecule has 0 unspecified atom stereocenters. The predicted octanol–water partition coefficient (Wildman–Crippen LogP) is 1.03. The number of imidazole rings is 1. The first kappa shape index (κ1) is 14.0. The van der Waals surface area contributed by atoms with Crippen LogP contribution in [0, 0.1) is 20.2 Å². The molecular formula is C10H8N4O5. The van der Waals surface area contributed by atoms with Gasteiger partial charge in [-0.25, -0.2) is 4.98 Å². The zero-order chi connectivity index (χ0) is 14.4. The van der Waals surface area contributed by atoms with Crippen LogP contribution in [0.3, 0.4) is 0 Å². The van der Waals surface area contributed by atoms with Gasteiger partial charge in [-0.2, -0.15) is 0 Å². The Bertz CT molecular complexity index is 585. The summed E-state index contributed by atoms with van der Waals surface area (Å²) in [5.41, 5.74) is -0.812. The molecule has 0 fully saturated rings. The lowest BCUT2D eigenvalue weighted by molar-refractivity contribution is -0.424. The Morgan fingerprint density at radius 3 is 2.53 bits per heavy atom. The molecule has 98 valence electrons. The van der Waals surface area contributed by atoms with E-state index in [2.05, 4.69) is 11.6 Å². The summed E-state index contributed by atoms with van der Waals surface area (Å²) in [4.78, 5) is 34.4. The number of hydrogen-bond acceptors (Lipinski definition) is 6. The lowest BCUT2D eigenvalue weighted by Crippen LogP contribution is -2.10. The van der Waals surface area contributed by atoms with Crippen LogP contribution < -0.4 is 0 Å². The molecule has 0 aliphatic heterocycles. The van der Waals surface area contributed by atoms with Crippen LogP contribution in [-0.4, -0.2) is 25.3 Å². The molecule has 0 spiro atoms. The van der Waals surface area contributed by atoms with Crippen molar-refractivity contribution in [1.29, 1.82) is 0 Å². The fourth-order valence-corrected chi connectivity index (χ4v) is 1.08. The fourth-order valence-electron chi connectivity index (χ4n) is 1.08. The summed E-state index contributed by atoms with van der Waals surface area (Å²) in [7, 11) is 0. The number of hydrogen-bond donors (Lipinski definition) is 0. The van der Waals surface area contributed by atoms with E-state index in [0.29, 0.717) is 12.3 Å². The molecule has 0 aliphatic rings. The van der Waals surface area contributed by atoms with E-state index in [0.717, 1.165) is 10.6 Å². The van der Waals surface area contributed by atoms with E-state index in [9.17, 15) is 25.0 Å². The van der Waals surface area contributed by atoms with Gasteiger partial charge in [-0.1, -0.05) is 6.58 Å². The van der Waals surface area contributed by atoms with Gasteiger partial charge in [-0.3, -0.25) is 29.6 Å². The summed E-state index contributed by atoms with van der Waals surface area (Å²) in [6.45, 7) is 3.38. The van der Waals surface area contributed by atoms with Crippen molar-refractivity contribution < 1.29 is 14.6 Å². The van der Waals surface area contributed by atoms with Crippen LogP contribution >= 0.6 is 0 Å². The molecule has 1 aromatic rings. The van der Waals surface area contributed by atoms with Gasteiger partial charge in [0.15, 0.2) is 0 Å². The number of allylic oxidation sites excluding steroid dienone is 3. The summed E-state index contributed by atoms with van der Waals surface area (Å²) in [5, 5.41) is 20.7. The molecule has 0 N–H and O–H groups in total. The highest BCUT2D eigenvalue weighted by atomic mass is 16.6. The van der Waals surface area contributed by atoms with Gasteiger partial charge >= 0.3 is 0 Å². The molecule has 9 heteroatoms. The van der Waals surface area contributed by atoms with Crippen LogP contribution in [0.15, 0.2) is 54.9 Å². The van der Waals surface area contributed by atoms with E-state index in [1.54, 1.807) is 0 Å². The van der Waals surface area contributed by atoms with Crippen molar-refractivity contribution in [2.24, 2.45) is 0 Å². The molecule has 0 amide bonds. The number of nitrogens with zero attached hydrogens (tertiary/aromatic N) is 4. The van der Waals surface area contributed by atoms with Crippen LogP contribution in [0.4, 0.5) is 0 Å². The topological polar surface area (TPSA) is 121 Å². The molecule has 0 bridgehead atoms. The normalized spacial score (nSPS) is 11.5. The lowest BCUT2D eigenvalue weighted by atomic mass is 10.2. The molecule has 1 aromatic heterocycles. The minimum Gasteiger partial charge on any atom is -0.272 e. The molecule has 9 nitrogen and oxygen atoms in total. The monoisotopic (exact) mass is 264 g/mol. The fraction of sp³-hybridized carbons (Fsp3) is 0. The highest BCUT2D eigenvalue weighted by molar-refractivity contribution is 5.97. The second kappa shape index (κ2) is 6.00. The minimum atomic E-state index is -0.855. The molecule has 0 aromatic carbocycles. The molecule has 1 rings (SSSR count). The maximum atomic E-state index is 11.7. The Hall–Kier alpha value is -3.10. The molecule has 0 atom stereocenters. The Balaban J connectivity index is 2.96. The SMILES string of the molecule is C=C(/C=C(\C=C\[N+](=O)[O-])[N+](=O)[O-])C(=O)n1ccnc1. The maximum Gasteiger partial charge on any atom is 0.276 e. The van der Waals surface area contributed by atoms with Gasteiger partial charge in [-0.05, 0) is 0 Å². The number of nitro groups is 2. The Kier molecular flexibility index (Phi) is 4.41. The summed E-state index contributed by atoms with van der Waals surface area (Å²) in [5.74, 6) is -0.619. The van der Waals surface area contributed by atoms with E-state index >= 15 is 0 Å². The molecule has 19 heavy (non-hydrogen) atoms. The second-order valence-electron chi connectivity index (χ2n) is 3.23. The summed E-state index contributed by atoms with van der Waals surface area (Å²) >= 11 is 0. The molecule has 0 saturated carbocycles. The van der Waals surface area contributed by atoms with Crippen molar-refractivity contribution >= 4 is 5.91 Å². The number of aromatic nitrogens is 2. The van der Waals surface area contributed by atoms with Gasteiger partial charge in [0, 0.05) is 24.0 Å². The zero-order valence-electron chi connectivity index (χ0n) is 9.50. The molecule has 0 aliphatic carbocycles. The third-order valence-corrected chi connectivity index (χ3v) is 1.91. The quantitative estimate of drug-likeness (QED) is 0.339. The van der Waals surface area contributed by atoms with Crippen molar-refractivity contribution in [3.63, 3.8) is 0 Å². The first-order chi connectivity index (χ1) is 8.91. The zero-order valence-corrected chi connectivity index (χ0v) is 9.50. The molecule has 1 heterocycles. The van der Waals surface area contributed by atoms with Gasteiger partial charge in [0.25, 0.3) is 11.6 Å². The Morgan fingerprint density at radius 1 is 1.37 bits per heavy atom. The van der Waals surface area contributed by atoms with E-state index in [1.165, 1.54) is 18.7 Å². The van der Waals surface area contributed by atoms with Gasteiger partial charge in [0.05, 0.1) is 15.9 Å². The van der Waals surface area contributed by atoms with Crippen LogP contribution in [-0.2, 0) is 0 Å². The van der Waals surface area contributed by atoms with E-state index in [-0.39, 0.29) is 5.57 Å². The smallest absolute Gasteiger partial charge is 0.272 e. The van der Waals surface area contributed by atoms with Crippen LogP contribution in [0.1, 0.15) is 4.79 Å². The highest BCUT2D eigenvalue weighted by Crippen LogP contribution is 2.06. The average Bonchev–Trinajstić information content (AvgIpc) is 2.86. The van der Waals surface area contributed by atoms with E-state index in [1.807, 2.05) is 0 Å². The van der Waals surface area contributed by atoms with E-state index < -0.39 is 21.5 Å². The maximum absolute atomic E-state index is 11.7. The van der Waals surface area contributed by atoms with Gasteiger partial charge in [-0.15, -0.1) is 0 Å². The number of carbonyl (C=O) groups excluding carboxylic acids is 1. The number of carbonyl (C=O) groups is 1. The van der Waals surface area contributed by atoms with Crippen LogP contribution in [0.25, 0.3) is 0 Å². The molecular weight excluding hydrogens is 256 g/mol. The minimum absolute atomic E-state index is 0.197. The van der Waals surface area contributed by atoms with Gasteiger partial charge < -0.3 is 0 Å². The van der Waals surface area contributed by atoms with Crippen molar-refractivity contribution in [3.05, 3.63) is 75.2 Å². The first-order valence-electron chi connectivity index (χ1n) is 4.81. The lowest BCUT2D eigenvalue weighted by Gasteiger charge is -1.99. The Morgan fingerprint density at radius 2 is 2.05 bits per heavy atom. The first-order valence-corrected chi connectivity index (χ1v) is 4.81. The van der Waals surface area contributed by atoms with Crippen molar-refractivity contribution in [2.75, 3.05) is 0 Å². The third kappa shape index (κ3) is 4.00. The standard InChI is InChI=1S/C10H8N4O5/c1-8(10(15)12-5-3-11-7-12)6-9(14(18)19)2-4-13(16)17/h2-7H,1H2/b4-2+,9-6+. The van der Waals surface area contributed by atoms with Crippen molar-refractivity contribution in [1.82, 2.24) is 9.55 Å². The number of rotatable bonds is 5. The average molecular weight is 264 g/mol.